The molecule has 3 aromatic carbocycles. The van der Waals surface area contributed by atoms with E-state index < -0.39 is 17.0 Å². The average molecular weight is 529 g/mol. The van der Waals surface area contributed by atoms with E-state index in [0.717, 1.165) is 15.8 Å². The first-order chi connectivity index (χ1) is 16.7. The molecule has 0 unspecified atom stereocenters. The van der Waals surface area contributed by atoms with E-state index in [0.29, 0.717) is 23.2 Å². The van der Waals surface area contributed by atoms with Crippen LogP contribution in [0.15, 0.2) is 94.6 Å². The van der Waals surface area contributed by atoms with Gasteiger partial charge in [0.25, 0.3) is 0 Å². The Morgan fingerprint density at radius 2 is 1.54 bits per heavy atom. The van der Waals surface area contributed by atoms with Crippen LogP contribution < -0.4 is 10.2 Å². The van der Waals surface area contributed by atoms with Crippen LogP contribution in [0.4, 0.5) is 11.4 Å². The first-order valence-corrected chi connectivity index (χ1v) is 12.5. The lowest BCUT2D eigenvalue weighted by Gasteiger charge is -2.46. The van der Waals surface area contributed by atoms with Gasteiger partial charge in [0.1, 0.15) is 0 Å². The number of para-hydroxylation sites is 1. The number of aliphatic hydroxyl groups is 1. The molecule has 5 nitrogen and oxygen atoms in total. The van der Waals surface area contributed by atoms with Gasteiger partial charge in [0.05, 0.1) is 5.57 Å². The van der Waals surface area contributed by atoms with E-state index in [1.807, 2.05) is 71.6 Å². The number of benzene rings is 3. The molecule has 0 spiro atoms. The van der Waals surface area contributed by atoms with E-state index in [9.17, 15) is 14.7 Å². The Kier molecular flexibility index (Phi) is 4.70. The van der Waals surface area contributed by atoms with E-state index in [-0.39, 0.29) is 23.2 Å². The number of Topliss-reactive ketones (excluding diaryl/α,β-unsaturated/α-hetero) is 2. The third-order valence-corrected chi connectivity index (χ3v) is 7.95. The maximum absolute atomic E-state index is 14.1. The fraction of sp³-hybridized carbons (Fsp3) is 0.241. The van der Waals surface area contributed by atoms with E-state index in [4.69, 9.17) is 0 Å². The topological polar surface area (TPSA) is 69.6 Å². The van der Waals surface area contributed by atoms with Crippen molar-refractivity contribution >= 4 is 38.9 Å². The summed E-state index contributed by atoms with van der Waals surface area (Å²) in [6, 6.07) is 24.6. The zero-order chi connectivity index (χ0) is 24.6. The molecule has 35 heavy (non-hydrogen) atoms. The third kappa shape index (κ3) is 2.90. The molecular weight excluding hydrogens is 504 g/mol. The Morgan fingerprint density at radius 3 is 2.26 bits per heavy atom. The Labute approximate surface area is 212 Å². The van der Waals surface area contributed by atoms with Crippen molar-refractivity contribution in [2.24, 2.45) is 5.41 Å². The summed E-state index contributed by atoms with van der Waals surface area (Å²) < 4.78 is 0.915. The standard InChI is InChI=1S/C29H25BrN2O3/c1-27(2)16-23-25(24(33)17-27)28(35)26(34)21-10-6-7-11-22(21)29(28,31-19-8-4-3-5-9-19)32(23)20-14-12-18(30)13-15-20/h3-15,31,35H,16-17H2,1-2H3/t28-,29-/m0/s1. The lowest BCUT2D eigenvalue weighted by Crippen LogP contribution is -2.62. The zero-order valence-electron chi connectivity index (χ0n) is 19.5. The minimum Gasteiger partial charge on any atom is -0.373 e. The molecule has 0 bridgehead atoms. The van der Waals surface area contributed by atoms with Gasteiger partial charge < -0.3 is 15.3 Å². The Morgan fingerprint density at radius 1 is 0.886 bits per heavy atom. The Balaban J connectivity index is 1.72. The quantitative estimate of drug-likeness (QED) is 0.449. The molecule has 2 atom stereocenters. The van der Waals surface area contributed by atoms with Crippen LogP contribution in [0.5, 0.6) is 0 Å². The summed E-state index contributed by atoms with van der Waals surface area (Å²) in [5.41, 5.74) is -0.302. The second kappa shape index (κ2) is 7.39. The summed E-state index contributed by atoms with van der Waals surface area (Å²) in [5.74, 6) is -0.629. The van der Waals surface area contributed by atoms with Crippen molar-refractivity contribution in [1.29, 1.82) is 0 Å². The SMILES string of the molecule is CC1(C)CC(=O)C2=C(C1)N(c1ccc(Br)cc1)[C@@]1(Nc3ccccc3)c3ccccc3C(=O)[C@@]21O. The Hall–Kier alpha value is -3.22. The van der Waals surface area contributed by atoms with Crippen molar-refractivity contribution in [3.05, 3.63) is 106 Å². The predicted octanol–water partition coefficient (Wildman–Crippen LogP) is 5.80. The number of anilines is 2. The zero-order valence-corrected chi connectivity index (χ0v) is 21.1. The molecule has 3 aliphatic rings. The monoisotopic (exact) mass is 528 g/mol. The van der Waals surface area contributed by atoms with E-state index >= 15 is 0 Å². The maximum atomic E-state index is 14.1. The van der Waals surface area contributed by atoms with Gasteiger partial charge in [-0.05, 0) is 48.2 Å². The van der Waals surface area contributed by atoms with Gasteiger partial charge in [0.15, 0.2) is 11.4 Å². The molecular formula is C29H25BrN2O3. The van der Waals surface area contributed by atoms with Crippen LogP contribution in [0.2, 0.25) is 0 Å². The van der Waals surface area contributed by atoms with Gasteiger partial charge in [-0.15, -0.1) is 0 Å². The largest absolute Gasteiger partial charge is 0.373 e. The number of halogens is 1. The summed E-state index contributed by atoms with van der Waals surface area (Å²) in [5, 5.41) is 16.2. The number of carbonyl (C=O) groups excluding carboxylic acids is 2. The van der Waals surface area contributed by atoms with Crippen LogP contribution >= 0.6 is 15.9 Å². The number of fused-ring (bicyclic) bond motifs is 4. The van der Waals surface area contributed by atoms with Gasteiger partial charge in [-0.2, -0.15) is 0 Å². The highest BCUT2D eigenvalue weighted by Gasteiger charge is 2.74. The smallest absolute Gasteiger partial charge is 0.204 e. The van der Waals surface area contributed by atoms with Crippen molar-refractivity contribution in [2.75, 3.05) is 10.2 Å². The lowest BCUT2D eigenvalue weighted by atomic mass is 9.71. The van der Waals surface area contributed by atoms with E-state index in [1.54, 1.807) is 12.1 Å². The van der Waals surface area contributed by atoms with E-state index in [1.165, 1.54) is 0 Å². The summed E-state index contributed by atoms with van der Waals surface area (Å²) in [4.78, 5) is 29.8. The molecule has 1 aliphatic heterocycles. The molecule has 0 amide bonds. The second-order valence-electron chi connectivity index (χ2n) is 10.4. The maximum Gasteiger partial charge on any atom is 0.204 e. The van der Waals surface area contributed by atoms with Crippen LogP contribution in [-0.4, -0.2) is 22.3 Å². The average Bonchev–Trinajstić information content (AvgIpc) is 3.15. The van der Waals surface area contributed by atoms with Crippen molar-refractivity contribution in [2.45, 2.75) is 38.0 Å². The van der Waals surface area contributed by atoms with Gasteiger partial charge in [-0.25, -0.2) is 0 Å². The number of hydrogen-bond donors (Lipinski definition) is 2. The second-order valence-corrected chi connectivity index (χ2v) is 11.3. The van der Waals surface area contributed by atoms with Gasteiger partial charge in [0.2, 0.25) is 11.4 Å². The molecule has 2 N–H and O–H groups in total. The minimum atomic E-state index is -2.08. The lowest BCUT2D eigenvalue weighted by molar-refractivity contribution is -0.120. The molecule has 2 aliphatic carbocycles. The molecule has 0 fully saturated rings. The summed E-state index contributed by atoms with van der Waals surface area (Å²) in [6.07, 6.45) is 0.827. The summed E-state index contributed by atoms with van der Waals surface area (Å²) in [7, 11) is 0. The summed E-state index contributed by atoms with van der Waals surface area (Å²) >= 11 is 3.52. The Bertz CT molecular complexity index is 1410. The highest BCUT2D eigenvalue weighted by molar-refractivity contribution is 9.10. The number of nitrogens with one attached hydrogen (secondary N) is 1. The van der Waals surface area contributed by atoms with Gasteiger partial charge >= 0.3 is 0 Å². The van der Waals surface area contributed by atoms with Crippen LogP contribution in [0.25, 0.3) is 0 Å². The van der Waals surface area contributed by atoms with Crippen molar-refractivity contribution in [3.8, 4) is 0 Å². The van der Waals surface area contributed by atoms with Crippen LogP contribution in [-0.2, 0) is 10.5 Å². The van der Waals surface area contributed by atoms with Gasteiger partial charge in [-0.3, -0.25) is 9.59 Å². The number of hydrogen-bond acceptors (Lipinski definition) is 5. The normalized spacial score (nSPS) is 26.5. The molecule has 6 heteroatoms. The number of nitrogens with zero attached hydrogens (tertiary/aromatic N) is 1. The predicted molar refractivity (Wildman–Crippen MR) is 139 cm³/mol. The number of ketones is 2. The molecule has 3 aromatic rings. The molecule has 176 valence electrons. The molecule has 0 saturated carbocycles. The molecule has 1 heterocycles. The minimum absolute atomic E-state index is 0.182. The van der Waals surface area contributed by atoms with Crippen molar-refractivity contribution in [1.82, 2.24) is 0 Å². The molecule has 0 saturated heterocycles. The first kappa shape index (κ1) is 22.3. The van der Waals surface area contributed by atoms with Gasteiger partial charge in [0, 0.05) is 39.1 Å². The fourth-order valence-corrected chi connectivity index (χ4v) is 6.37. The first-order valence-electron chi connectivity index (χ1n) is 11.7. The number of rotatable bonds is 3. The number of allylic oxidation sites excluding steroid dienone is 1. The molecule has 0 aromatic heterocycles. The van der Waals surface area contributed by atoms with E-state index in [2.05, 4.69) is 35.1 Å². The van der Waals surface area contributed by atoms with Crippen LogP contribution in [0.1, 0.15) is 42.6 Å². The fourth-order valence-electron chi connectivity index (χ4n) is 6.10. The molecule has 6 rings (SSSR count). The van der Waals surface area contributed by atoms with Crippen LogP contribution in [0, 0.1) is 5.41 Å². The molecule has 0 radical (unpaired) electrons. The van der Waals surface area contributed by atoms with Crippen LogP contribution in [0.3, 0.4) is 0 Å². The third-order valence-electron chi connectivity index (χ3n) is 7.42. The van der Waals surface area contributed by atoms with Gasteiger partial charge in [-0.1, -0.05) is 72.2 Å². The van der Waals surface area contributed by atoms with Crippen molar-refractivity contribution in [3.63, 3.8) is 0 Å². The highest BCUT2D eigenvalue weighted by Crippen LogP contribution is 2.62. The summed E-state index contributed by atoms with van der Waals surface area (Å²) in [6.45, 7) is 4.11. The highest BCUT2D eigenvalue weighted by atomic mass is 79.9. The number of carbonyl (C=O) groups is 2. The van der Waals surface area contributed by atoms with Crippen molar-refractivity contribution < 1.29 is 14.7 Å².